The van der Waals surface area contributed by atoms with Gasteiger partial charge in [-0.15, -0.1) is 0 Å². The van der Waals surface area contributed by atoms with Crippen LogP contribution in [0.25, 0.3) is 0 Å². The van der Waals surface area contributed by atoms with Crippen LogP contribution in [0.3, 0.4) is 0 Å². The summed E-state index contributed by atoms with van der Waals surface area (Å²) in [6, 6.07) is 12.2. The average molecular weight is 324 g/mol. The Morgan fingerprint density at radius 2 is 2.00 bits per heavy atom. The summed E-state index contributed by atoms with van der Waals surface area (Å²) in [7, 11) is 1.57. The van der Waals surface area contributed by atoms with Crippen molar-refractivity contribution in [2.75, 3.05) is 12.4 Å². The van der Waals surface area contributed by atoms with E-state index in [1.807, 2.05) is 12.1 Å². The summed E-state index contributed by atoms with van der Waals surface area (Å²) in [6.45, 7) is 0.370. The Balaban J connectivity index is 1.74. The predicted octanol–water partition coefficient (Wildman–Crippen LogP) is 3.51. The van der Waals surface area contributed by atoms with Crippen LogP contribution in [0.15, 0.2) is 65.5 Å². The molecule has 24 heavy (non-hydrogen) atoms. The van der Waals surface area contributed by atoms with Gasteiger partial charge in [0.1, 0.15) is 6.61 Å². The summed E-state index contributed by atoms with van der Waals surface area (Å²) >= 11 is 0. The maximum Gasteiger partial charge on any atom is 0.291 e. The molecule has 6 nitrogen and oxygen atoms in total. The van der Waals surface area contributed by atoms with Gasteiger partial charge in [0.05, 0.1) is 13.4 Å². The number of carbonyl (C=O) groups is 1. The summed E-state index contributed by atoms with van der Waals surface area (Å²) in [6.07, 6.45) is 4.86. The van der Waals surface area contributed by atoms with Gasteiger partial charge in [0.2, 0.25) is 0 Å². The number of pyridine rings is 1. The molecule has 122 valence electrons. The molecule has 0 aliphatic rings. The lowest BCUT2D eigenvalue weighted by Crippen LogP contribution is -2.11. The van der Waals surface area contributed by atoms with Crippen LogP contribution in [0.4, 0.5) is 5.69 Å². The van der Waals surface area contributed by atoms with E-state index in [9.17, 15) is 4.79 Å². The lowest BCUT2D eigenvalue weighted by Gasteiger charge is -2.12. The topological polar surface area (TPSA) is 73.6 Å². The Morgan fingerprint density at radius 3 is 2.71 bits per heavy atom. The Hall–Kier alpha value is -3.28. The average Bonchev–Trinajstić information content (AvgIpc) is 3.16. The number of carbonyl (C=O) groups excluding carboxylic acids is 1. The molecule has 1 aromatic carbocycles. The molecule has 0 fully saturated rings. The first-order valence-corrected chi connectivity index (χ1v) is 7.31. The molecule has 3 rings (SSSR count). The zero-order valence-electron chi connectivity index (χ0n) is 13.1. The Labute approximate surface area is 139 Å². The van der Waals surface area contributed by atoms with E-state index >= 15 is 0 Å². The minimum Gasteiger partial charge on any atom is -0.493 e. The third-order valence-corrected chi connectivity index (χ3v) is 3.31. The van der Waals surface area contributed by atoms with E-state index in [0.717, 1.165) is 5.56 Å². The van der Waals surface area contributed by atoms with E-state index < -0.39 is 0 Å². The van der Waals surface area contributed by atoms with Gasteiger partial charge in [-0.2, -0.15) is 0 Å². The fourth-order valence-corrected chi connectivity index (χ4v) is 2.11. The van der Waals surface area contributed by atoms with Gasteiger partial charge < -0.3 is 19.2 Å². The molecule has 0 aliphatic carbocycles. The summed E-state index contributed by atoms with van der Waals surface area (Å²) in [5.41, 5.74) is 1.57. The SMILES string of the molecule is COc1ccc(NC(=O)c2ccco2)cc1OCc1ccncc1. The molecule has 2 heterocycles. The van der Waals surface area contributed by atoms with Crippen molar-refractivity contribution < 1.29 is 18.7 Å². The Bertz CT molecular complexity index is 801. The highest BCUT2D eigenvalue weighted by Crippen LogP contribution is 2.31. The van der Waals surface area contributed by atoms with Crippen LogP contribution in [0, 0.1) is 0 Å². The number of hydrogen-bond acceptors (Lipinski definition) is 5. The number of methoxy groups -OCH3 is 1. The number of nitrogens with zero attached hydrogens (tertiary/aromatic N) is 1. The monoisotopic (exact) mass is 324 g/mol. The first-order valence-electron chi connectivity index (χ1n) is 7.31. The maximum absolute atomic E-state index is 12.0. The van der Waals surface area contributed by atoms with Crippen LogP contribution in [0.2, 0.25) is 0 Å². The summed E-state index contributed by atoms with van der Waals surface area (Å²) < 4.78 is 16.2. The highest BCUT2D eigenvalue weighted by molar-refractivity contribution is 6.02. The van der Waals surface area contributed by atoms with E-state index in [4.69, 9.17) is 13.9 Å². The highest BCUT2D eigenvalue weighted by atomic mass is 16.5. The first-order chi connectivity index (χ1) is 11.8. The Morgan fingerprint density at radius 1 is 1.17 bits per heavy atom. The molecule has 1 amide bonds. The van der Waals surface area contributed by atoms with Gasteiger partial charge in [-0.1, -0.05) is 0 Å². The molecule has 0 atom stereocenters. The van der Waals surface area contributed by atoms with Crippen molar-refractivity contribution >= 4 is 11.6 Å². The molecule has 1 N–H and O–H groups in total. The van der Waals surface area contributed by atoms with Gasteiger partial charge in [-0.05, 0) is 42.0 Å². The molecule has 0 saturated heterocycles. The summed E-state index contributed by atoms with van der Waals surface area (Å²) in [5, 5.41) is 2.76. The van der Waals surface area contributed by atoms with E-state index in [0.29, 0.717) is 23.8 Å². The number of aromatic nitrogens is 1. The van der Waals surface area contributed by atoms with Crippen molar-refractivity contribution in [3.05, 3.63) is 72.4 Å². The largest absolute Gasteiger partial charge is 0.493 e. The molecule has 0 saturated carbocycles. The van der Waals surface area contributed by atoms with Crippen molar-refractivity contribution in [1.82, 2.24) is 4.98 Å². The molecule has 3 aromatic rings. The number of nitrogens with one attached hydrogen (secondary N) is 1. The van der Waals surface area contributed by atoms with E-state index in [2.05, 4.69) is 10.3 Å². The lowest BCUT2D eigenvalue weighted by molar-refractivity contribution is 0.0996. The van der Waals surface area contributed by atoms with Crippen LogP contribution in [-0.2, 0) is 6.61 Å². The Kier molecular flexibility index (Phi) is 4.76. The molecular formula is C18H16N2O4. The predicted molar refractivity (Wildman–Crippen MR) is 88.2 cm³/mol. The second-order valence-electron chi connectivity index (χ2n) is 4.94. The smallest absolute Gasteiger partial charge is 0.291 e. The normalized spacial score (nSPS) is 10.2. The minimum atomic E-state index is -0.328. The van der Waals surface area contributed by atoms with Crippen LogP contribution >= 0.6 is 0 Å². The number of anilines is 1. The van der Waals surface area contributed by atoms with Crippen LogP contribution in [-0.4, -0.2) is 18.0 Å². The molecule has 0 radical (unpaired) electrons. The van der Waals surface area contributed by atoms with Crippen molar-refractivity contribution in [2.24, 2.45) is 0 Å². The van der Waals surface area contributed by atoms with Gasteiger partial charge in [0, 0.05) is 24.1 Å². The second kappa shape index (κ2) is 7.32. The second-order valence-corrected chi connectivity index (χ2v) is 4.94. The molecular weight excluding hydrogens is 308 g/mol. The van der Waals surface area contributed by atoms with Crippen LogP contribution in [0.5, 0.6) is 11.5 Å². The molecule has 0 aliphatic heterocycles. The standard InChI is InChI=1S/C18H16N2O4/c1-22-15-5-4-14(20-18(21)16-3-2-10-23-16)11-17(15)24-12-13-6-8-19-9-7-13/h2-11H,12H2,1H3,(H,20,21). The number of hydrogen-bond donors (Lipinski definition) is 1. The molecule has 6 heteroatoms. The summed E-state index contributed by atoms with van der Waals surface area (Å²) in [4.78, 5) is 16.0. The van der Waals surface area contributed by atoms with Gasteiger partial charge >= 0.3 is 0 Å². The third kappa shape index (κ3) is 3.73. The number of benzene rings is 1. The van der Waals surface area contributed by atoms with Crippen molar-refractivity contribution in [2.45, 2.75) is 6.61 Å². The fourth-order valence-electron chi connectivity index (χ4n) is 2.11. The molecule has 0 bridgehead atoms. The van der Waals surface area contributed by atoms with Crippen LogP contribution < -0.4 is 14.8 Å². The molecule has 0 spiro atoms. The van der Waals surface area contributed by atoms with Crippen molar-refractivity contribution in [3.8, 4) is 11.5 Å². The van der Waals surface area contributed by atoms with Gasteiger partial charge in [-0.3, -0.25) is 9.78 Å². The van der Waals surface area contributed by atoms with Crippen molar-refractivity contribution in [3.63, 3.8) is 0 Å². The summed E-state index contributed by atoms with van der Waals surface area (Å²) in [5.74, 6) is 1.03. The van der Waals surface area contributed by atoms with Crippen LogP contribution in [0.1, 0.15) is 16.1 Å². The number of rotatable bonds is 6. The zero-order valence-corrected chi connectivity index (χ0v) is 13.1. The van der Waals surface area contributed by atoms with E-state index in [-0.39, 0.29) is 11.7 Å². The van der Waals surface area contributed by atoms with Crippen molar-refractivity contribution in [1.29, 1.82) is 0 Å². The lowest BCUT2D eigenvalue weighted by atomic mass is 10.2. The number of ether oxygens (including phenoxy) is 2. The van der Waals surface area contributed by atoms with E-state index in [1.54, 1.807) is 49.8 Å². The third-order valence-electron chi connectivity index (χ3n) is 3.31. The molecule has 2 aromatic heterocycles. The number of furan rings is 1. The quantitative estimate of drug-likeness (QED) is 0.751. The zero-order chi connectivity index (χ0) is 16.8. The van der Waals surface area contributed by atoms with E-state index in [1.165, 1.54) is 6.26 Å². The van der Waals surface area contributed by atoms with Gasteiger partial charge in [0.15, 0.2) is 17.3 Å². The maximum atomic E-state index is 12.0. The fraction of sp³-hybridized carbons (Fsp3) is 0.111. The number of amides is 1. The molecule has 0 unspecified atom stereocenters. The first kappa shape index (κ1) is 15.6. The van der Waals surface area contributed by atoms with Gasteiger partial charge in [0.25, 0.3) is 5.91 Å². The minimum absolute atomic E-state index is 0.241. The van der Waals surface area contributed by atoms with Gasteiger partial charge in [-0.25, -0.2) is 0 Å². The highest BCUT2D eigenvalue weighted by Gasteiger charge is 2.11.